The number of rotatable bonds is 4. The van der Waals surface area contributed by atoms with Gasteiger partial charge in [0.1, 0.15) is 6.04 Å². The predicted octanol–water partition coefficient (Wildman–Crippen LogP) is -0.800. The molecule has 3 aliphatic heterocycles. The van der Waals surface area contributed by atoms with Crippen LogP contribution in [0.1, 0.15) is 25.7 Å². The van der Waals surface area contributed by atoms with Crippen molar-refractivity contribution in [3.05, 3.63) is 0 Å². The highest BCUT2D eigenvalue weighted by molar-refractivity contribution is 7.80. The van der Waals surface area contributed by atoms with Gasteiger partial charge in [-0.05, 0) is 38.1 Å². The van der Waals surface area contributed by atoms with Crippen LogP contribution in [0.5, 0.6) is 0 Å². The molecular weight excluding hydrogens is 352 g/mol. The Kier molecular flexibility index (Phi) is 3.76. The summed E-state index contributed by atoms with van der Waals surface area (Å²) in [5.41, 5.74) is 0.355. The normalized spacial score (nSPS) is 31.8. The highest BCUT2D eigenvalue weighted by Crippen LogP contribution is 2.47. The van der Waals surface area contributed by atoms with Crippen LogP contribution in [0.2, 0.25) is 0 Å². The fraction of sp³-hybridized carbons (Fsp3) is 0.857. The largest absolute Gasteiger partial charge is 0.418 e. The molecule has 3 amide bonds. The predicted molar refractivity (Wildman–Crippen MR) is 84.5 cm³/mol. The van der Waals surface area contributed by atoms with Crippen molar-refractivity contribution < 1.29 is 26.8 Å². The van der Waals surface area contributed by atoms with Crippen LogP contribution < -0.4 is 5.32 Å². The van der Waals surface area contributed by atoms with Gasteiger partial charge in [0.15, 0.2) is 0 Å². The van der Waals surface area contributed by atoms with E-state index in [0.717, 1.165) is 25.9 Å². The third-order valence-electron chi connectivity index (χ3n) is 5.72. The molecule has 25 heavy (non-hydrogen) atoms. The van der Waals surface area contributed by atoms with Crippen molar-refractivity contribution in [3.8, 4) is 0 Å². The first-order valence-electron chi connectivity index (χ1n) is 8.42. The second kappa shape index (κ2) is 5.53. The Balaban J connectivity index is 1.35. The average Bonchev–Trinajstić information content (AvgIpc) is 2.67. The van der Waals surface area contributed by atoms with Crippen LogP contribution in [0.15, 0.2) is 0 Å². The van der Waals surface area contributed by atoms with Gasteiger partial charge < -0.3 is 15.1 Å². The fourth-order valence-corrected chi connectivity index (χ4v) is 5.23. The summed E-state index contributed by atoms with van der Waals surface area (Å²) in [6.45, 7) is 2.35. The Morgan fingerprint density at radius 3 is 2.60 bits per heavy atom. The zero-order chi connectivity index (χ0) is 18.0. The van der Waals surface area contributed by atoms with Crippen LogP contribution in [0.25, 0.3) is 0 Å². The van der Waals surface area contributed by atoms with Crippen LogP contribution in [0, 0.1) is 5.41 Å². The van der Waals surface area contributed by atoms with Gasteiger partial charge in [0.2, 0.25) is 5.91 Å². The van der Waals surface area contributed by atoms with Crippen molar-refractivity contribution in [2.24, 2.45) is 5.41 Å². The van der Waals surface area contributed by atoms with E-state index in [1.807, 2.05) is 0 Å². The summed E-state index contributed by atoms with van der Waals surface area (Å²) in [5.74, 6) is -0.201. The van der Waals surface area contributed by atoms with Crippen LogP contribution in [0.4, 0.5) is 4.79 Å². The van der Waals surface area contributed by atoms with E-state index < -0.39 is 28.5 Å². The van der Waals surface area contributed by atoms with Gasteiger partial charge in [-0.1, -0.05) is 0 Å². The van der Waals surface area contributed by atoms with E-state index in [1.165, 1.54) is 4.90 Å². The highest BCUT2D eigenvalue weighted by atomic mass is 32.3. The van der Waals surface area contributed by atoms with Gasteiger partial charge in [0.25, 0.3) is 0 Å². The molecule has 3 heterocycles. The van der Waals surface area contributed by atoms with Crippen molar-refractivity contribution in [2.45, 2.75) is 43.8 Å². The number of nitrogens with one attached hydrogen (secondary N) is 1. The molecule has 2 bridgehead atoms. The minimum Gasteiger partial charge on any atom is -0.352 e. The summed E-state index contributed by atoms with van der Waals surface area (Å²) in [4.78, 5) is 28.5. The van der Waals surface area contributed by atoms with E-state index in [4.69, 9.17) is 4.55 Å². The zero-order valence-corrected chi connectivity index (χ0v) is 14.7. The number of piperidine rings is 1. The minimum atomic E-state index is -4.77. The molecule has 1 saturated carbocycles. The quantitative estimate of drug-likeness (QED) is 0.618. The molecule has 0 aromatic heterocycles. The van der Waals surface area contributed by atoms with Gasteiger partial charge in [0, 0.05) is 25.7 Å². The molecule has 4 fully saturated rings. The lowest BCUT2D eigenvalue weighted by Gasteiger charge is -2.58. The van der Waals surface area contributed by atoms with E-state index >= 15 is 0 Å². The molecule has 2 atom stereocenters. The van der Waals surface area contributed by atoms with Gasteiger partial charge in [-0.15, -0.1) is 4.28 Å². The number of nitrogens with zero attached hydrogens (tertiary/aromatic N) is 3. The van der Waals surface area contributed by atoms with Crippen molar-refractivity contribution in [3.63, 3.8) is 0 Å². The summed E-state index contributed by atoms with van der Waals surface area (Å²) in [7, 11) is -2.69. The Hall–Kier alpha value is -1.43. The number of amides is 3. The summed E-state index contributed by atoms with van der Waals surface area (Å²) >= 11 is 0. The molecule has 4 aliphatic rings. The number of urea groups is 1. The van der Waals surface area contributed by atoms with Gasteiger partial charge in [-0.25, -0.2) is 4.79 Å². The van der Waals surface area contributed by atoms with Crippen molar-refractivity contribution in [1.29, 1.82) is 0 Å². The summed E-state index contributed by atoms with van der Waals surface area (Å²) in [6, 6.07) is -1.66. The van der Waals surface area contributed by atoms with E-state index in [1.54, 1.807) is 0 Å². The minimum absolute atomic E-state index is 0.141. The smallest absolute Gasteiger partial charge is 0.352 e. The number of fused-ring (bicyclic) bond motifs is 2. The molecule has 1 aliphatic carbocycles. The maximum atomic E-state index is 12.6. The monoisotopic (exact) mass is 374 g/mol. The lowest BCUT2D eigenvalue weighted by atomic mass is 9.61. The molecule has 2 N–H and O–H groups in total. The van der Waals surface area contributed by atoms with Crippen LogP contribution in [-0.4, -0.2) is 84.6 Å². The third kappa shape index (κ3) is 2.98. The van der Waals surface area contributed by atoms with Crippen molar-refractivity contribution in [2.75, 3.05) is 26.7 Å². The number of hydrogen-bond acceptors (Lipinski definition) is 6. The molecule has 3 saturated heterocycles. The van der Waals surface area contributed by atoms with Gasteiger partial charge in [0.05, 0.1) is 6.04 Å². The number of likely N-dealkylation sites (tertiary alicyclic amines) is 1. The second-order valence-electron chi connectivity index (χ2n) is 7.80. The van der Waals surface area contributed by atoms with E-state index in [-0.39, 0.29) is 18.5 Å². The van der Waals surface area contributed by atoms with Crippen molar-refractivity contribution in [1.82, 2.24) is 20.2 Å². The Labute approximate surface area is 146 Å². The fourth-order valence-electron chi connectivity index (χ4n) is 4.85. The molecule has 10 nitrogen and oxygen atoms in total. The van der Waals surface area contributed by atoms with Gasteiger partial charge >= 0.3 is 16.4 Å². The van der Waals surface area contributed by atoms with Crippen LogP contribution in [-0.2, 0) is 19.5 Å². The molecule has 2 unspecified atom stereocenters. The summed E-state index contributed by atoms with van der Waals surface area (Å²) in [5, 5.41) is 3.67. The molecule has 4 rings (SSSR count). The second-order valence-corrected chi connectivity index (χ2v) is 8.80. The molecule has 1 spiro atoms. The summed E-state index contributed by atoms with van der Waals surface area (Å²) in [6.07, 6.45) is 2.80. The average molecular weight is 374 g/mol. The summed E-state index contributed by atoms with van der Waals surface area (Å²) < 4.78 is 34.9. The Morgan fingerprint density at radius 2 is 2.00 bits per heavy atom. The topological polar surface area (TPSA) is 119 Å². The Bertz CT molecular complexity index is 698. The van der Waals surface area contributed by atoms with Crippen LogP contribution in [0.3, 0.4) is 0 Å². The van der Waals surface area contributed by atoms with E-state index in [9.17, 15) is 18.0 Å². The first kappa shape index (κ1) is 17.0. The lowest BCUT2D eigenvalue weighted by molar-refractivity contribution is -0.131. The molecule has 0 aromatic rings. The maximum absolute atomic E-state index is 12.6. The molecule has 11 heteroatoms. The first-order chi connectivity index (χ1) is 11.7. The molecule has 0 radical (unpaired) electrons. The number of hydrogen-bond donors (Lipinski definition) is 2. The van der Waals surface area contributed by atoms with Crippen molar-refractivity contribution >= 4 is 22.3 Å². The van der Waals surface area contributed by atoms with Crippen LogP contribution >= 0.6 is 0 Å². The molecule has 0 aromatic carbocycles. The first-order valence-corrected chi connectivity index (χ1v) is 9.78. The number of carbonyl (C=O) groups excluding carboxylic acids is 2. The molecular formula is C14H22N4O6S. The molecule has 140 valence electrons. The SMILES string of the molecule is CN1CC2(CC(NC(=O)C3CCC4CN3C(=O)N4OS(=O)(=O)O)C2)C1. The zero-order valence-electron chi connectivity index (χ0n) is 13.9. The third-order valence-corrected chi connectivity index (χ3v) is 6.06. The van der Waals surface area contributed by atoms with Gasteiger partial charge in [-0.2, -0.15) is 13.5 Å². The lowest BCUT2D eigenvalue weighted by Crippen LogP contribution is -2.66. The van der Waals surface area contributed by atoms with E-state index in [2.05, 4.69) is 21.5 Å². The Morgan fingerprint density at radius 1 is 1.32 bits per heavy atom. The maximum Gasteiger partial charge on any atom is 0.418 e. The van der Waals surface area contributed by atoms with E-state index in [0.29, 0.717) is 23.3 Å². The van der Waals surface area contributed by atoms with Gasteiger partial charge in [-0.3, -0.25) is 9.35 Å². The number of carbonyl (C=O) groups is 2. The highest BCUT2D eigenvalue weighted by Gasteiger charge is 2.53. The number of hydroxylamine groups is 2. The standard InChI is InChI=1S/C14H22N4O6S/c1-16-7-14(8-16)4-9(5-14)15-12(19)11-3-2-10-6-17(11)13(20)18(10)24-25(21,22)23/h9-11H,2-8H2,1H3,(H,15,19)(H,21,22,23).